The van der Waals surface area contributed by atoms with E-state index < -0.39 is 12.1 Å². The third-order valence-corrected chi connectivity index (χ3v) is 6.82. The van der Waals surface area contributed by atoms with Crippen LogP contribution in [0.25, 0.3) is 11.1 Å². The van der Waals surface area contributed by atoms with Crippen molar-refractivity contribution in [1.82, 2.24) is 4.90 Å². The first-order valence-electron chi connectivity index (χ1n) is 12.8. The Morgan fingerprint density at radius 1 is 0.769 bits per heavy atom. The molecule has 2 N–H and O–H groups in total. The number of ether oxygens (including phenoxy) is 1. The van der Waals surface area contributed by atoms with Gasteiger partial charge in [0.25, 0.3) is 5.91 Å². The third-order valence-electron chi connectivity index (χ3n) is 6.82. The lowest BCUT2D eigenvalue weighted by Crippen LogP contribution is -2.32. The highest BCUT2D eigenvalue weighted by Gasteiger charge is 2.29. The van der Waals surface area contributed by atoms with Crippen LogP contribution in [0, 0.1) is 0 Å². The topological polar surface area (TPSA) is 95.9 Å². The monoisotopic (exact) mass is 520 g/mol. The van der Waals surface area contributed by atoms with E-state index in [1.807, 2.05) is 54.6 Å². The van der Waals surface area contributed by atoms with Crippen molar-refractivity contribution >= 4 is 23.7 Å². The number of fused-ring (bicyclic) bond motifs is 3. The number of carboxylic acids is 1. The molecule has 0 saturated carbocycles. The summed E-state index contributed by atoms with van der Waals surface area (Å²) in [5, 5.41) is 11.8. The van der Waals surface area contributed by atoms with Crippen LogP contribution < -0.4 is 5.32 Å². The molecule has 0 aliphatic heterocycles. The van der Waals surface area contributed by atoms with E-state index in [1.54, 1.807) is 24.3 Å². The minimum absolute atomic E-state index is 0.0375. The molecular weight excluding hydrogens is 492 g/mol. The fourth-order valence-corrected chi connectivity index (χ4v) is 4.92. The Kier molecular flexibility index (Phi) is 7.68. The van der Waals surface area contributed by atoms with E-state index in [0.29, 0.717) is 17.8 Å². The fraction of sp³-hybridized carbons (Fsp3) is 0.156. The minimum Gasteiger partial charge on any atom is -0.481 e. The first-order chi connectivity index (χ1) is 19.0. The second-order valence-corrected chi connectivity index (χ2v) is 9.38. The van der Waals surface area contributed by atoms with Gasteiger partial charge >= 0.3 is 12.1 Å². The van der Waals surface area contributed by atoms with Gasteiger partial charge in [0.1, 0.15) is 6.61 Å². The molecule has 0 radical (unpaired) electrons. The number of amides is 2. The molecule has 0 atom stereocenters. The van der Waals surface area contributed by atoms with Crippen LogP contribution in [-0.2, 0) is 16.1 Å². The van der Waals surface area contributed by atoms with Crippen molar-refractivity contribution < 1.29 is 24.2 Å². The Bertz CT molecular complexity index is 1440. The molecule has 5 rings (SSSR count). The Morgan fingerprint density at radius 3 is 1.97 bits per heavy atom. The maximum Gasteiger partial charge on any atom is 0.411 e. The second-order valence-electron chi connectivity index (χ2n) is 9.38. The average Bonchev–Trinajstić information content (AvgIpc) is 3.28. The maximum absolute atomic E-state index is 13.2. The number of hydrogen-bond donors (Lipinski definition) is 2. The predicted molar refractivity (Wildman–Crippen MR) is 149 cm³/mol. The minimum atomic E-state index is -0.969. The first-order valence-corrected chi connectivity index (χ1v) is 12.8. The largest absolute Gasteiger partial charge is 0.481 e. The zero-order valence-corrected chi connectivity index (χ0v) is 21.2. The summed E-state index contributed by atoms with van der Waals surface area (Å²) in [6.07, 6.45) is -0.733. The highest BCUT2D eigenvalue weighted by molar-refractivity contribution is 5.95. The average molecular weight is 521 g/mol. The van der Waals surface area contributed by atoms with E-state index in [-0.39, 0.29) is 31.4 Å². The van der Waals surface area contributed by atoms with Crippen LogP contribution in [0.4, 0.5) is 10.5 Å². The lowest BCUT2D eigenvalue weighted by atomic mass is 9.98. The Morgan fingerprint density at radius 2 is 1.36 bits per heavy atom. The number of hydrogen-bond acceptors (Lipinski definition) is 4. The number of nitrogens with zero attached hydrogens (tertiary/aromatic N) is 1. The van der Waals surface area contributed by atoms with Gasteiger partial charge in [-0.15, -0.1) is 0 Å². The smallest absolute Gasteiger partial charge is 0.411 e. The number of carbonyl (C=O) groups excluding carboxylic acids is 2. The molecule has 7 nitrogen and oxygen atoms in total. The van der Waals surface area contributed by atoms with Gasteiger partial charge < -0.3 is 14.7 Å². The summed E-state index contributed by atoms with van der Waals surface area (Å²) in [6.45, 7) is 0.587. The number of carboxylic acid groups (broad SMARTS) is 1. The standard InChI is InChI=1S/C32H28N2O5/c35-30(36)18-19-34(20-22-8-2-1-3-9-22)31(37)23-14-16-24(17-15-23)33-32(38)39-21-29-27-12-6-4-10-25(27)26-11-5-7-13-28(26)29/h1-17,29H,18-21H2,(H,33,38)(H,35,36). The zero-order valence-electron chi connectivity index (χ0n) is 21.2. The van der Waals surface area contributed by atoms with Crippen LogP contribution >= 0.6 is 0 Å². The third kappa shape index (κ3) is 5.99. The van der Waals surface area contributed by atoms with Gasteiger partial charge in [0.05, 0.1) is 6.42 Å². The summed E-state index contributed by atoms with van der Waals surface area (Å²) in [4.78, 5) is 38.4. The van der Waals surface area contributed by atoms with E-state index in [2.05, 4.69) is 29.6 Å². The molecular formula is C32H28N2O5. The fourth-order valence-electron chi connectivity index (χ4n) is 4.92. The molecule has 0 aromatic heterocycles. The van der Waals surface area contributed by atoms with E-state index >= 15 is 0 Å². The van der Waals surface area contributed by atoms with Gasteiger partial charge in [-0.05, 0) is 52.1 Å². The van der Waals surface area contributed by atoms with Crippen molar-refractivity contribution in [1.29, 1.82) is 0 Å². The summed E-state index contributed by atoms with van der Waals surface area (Å²) in [7, 11) is 0. The Hall–Kier alpha value is -4.91. The highest BCUT2D eigenvalue weighted by atomic mass is 16.5. The lowest BCUT2D eigenvalue weighted by Gasteiger charge is -2.22. The molecule has 4 aromatic rings. The van der Waals surface area contributed by atoms with E-state index in [9.17, 15) is 14.4 Å². The normalized spacial score (nSPS) is 11.8. The number of anilines is 1. The molecule has 196 valence electrons. The first kappa shape index (κ1) is 25.7. The van der Waals surface area contributed by atoms with Crippen LogP contribution in [0.2, 0.25) is 0 Å². The van der Waals surface area contributed by atoms with Crippen LogP contribution in [0.15, 0.2) is 103 Å². The maximum atomic E-state index is 13.2. The molecule has 4 aromatic carbocycles. The van der Waals surface area contributed by atoms with Crippen molar-refractivity contribution in [2.24, 2.45) is 0 Å². The molecule has 0 unspecified atom stereocenters. The van der Waals surface area contributed by atoms with Crippen molar-refractivity contribution in [3.8, 4) is 11.1 Å². The summed E-state index contributed by atoms with van der Waals surface area (Å²) in [6, 6.07) is 32.2. The van der Waals surface area contributed by atoms with E-state index in [0.717, 1.165) is 27.8 Å². The summed E-state index contributed by atoms with van der Waals surface area (Å²) < 4.78 is 5.60. The number of rotatable bonds is 9. The summed E-state index contributed by atoms with van der Waals surface area (Å²) in [5.41, 5.74) is 6.39. The number of aliphatic carboxylic acids is 1. The molecule has 7 heteroatoms. The van der Waals surface area contributed by atoms with Crippen molar-refractivity contribution in [3.63, 3.8) is 0 Å². The SMILES string of the molecule is O=C(O)CCN(Cc1ccccc1)C(=O)c1ccc(NC(=O)OCC2c3ccccc3-c3ccccc32)cc1. The number of carbonyl (C=O) groups is 3. The molecule has 0 heterocycles. The molecule has 0 saturated heterocycles. The van der Waals surface area contributed by atoms with Gasteiger partial charge in [0.2, 0.25) is 0 Å². The van der Waals surface area contributed by atoms with Gasteiger partial charge in [-0.3, -0.25) is 14.9 Å². The van der Waals surface area contributed by atoms with Gasteiger partial charge in [0.15, 0.2) is 0 Å². The van der Waals surface area contributed by atoms with Crippen LogP contribution in [0.1, 0.15) is 39.4 Å². The molecule has 2 amide bonds. The number of benzene rings is 4. The number of nitrogens with one attached hydrogen (secondary N) is 1. The Labute approximate surface area is 226 Å². The molecule has 0 fully saturated rings. The van der Waals surface area contributed by atoms with Crippen molar-refractivity contribution in [2.75, 3.05) is 18.5 Å². The lowest BCUT2D eigenvalue weighted by molar-refractivity contribution is -0.137. The second kappa shape index (κ2) is 11.6. The predicted octanol–water partition coefficient (Wildman–Crippen LogP) is 6.16. The summed E-state index contributed by atoms with van der Waals surface area (Å²) >= 11 is 0. The van der Waals surface area contributed by atoms with Crippen LogP contribution in [0.5, 0.6) is 0 Å². The van der Waals surface area contributed by atoms with Gasteiger partial charge in [-0.2, -0.15) is 0 Å². The van der Waals surface area contributed by atoms with E-state index in [4.69, 9.17) is 9.84 Å². The van der Waals surface area contributed by atoms with Gasteiger partial charge in [-0.1, -0.05) is 78.9 Å². The van der Waals surface area contributed by atoms with Crippen molar-refractivity contribution in [3.05, 3.63) is 125 Å². The van der Waals surface area contributed by atoms with Crippen molar-refractivity contribution in [2.45, 2.75) is 18.9 Å². The summed E-state index contributed by atoms with van der Waals surface area (Å²) in [5.74, 6) is -1.29. The molecule has 0 bridgehead atoms. The van der Waals surface area contributed by atoms with Crippen LogP contribution in [0.3, 0.4) is 0 Å². The molecule has 39 heavy (non-hydrogen) atoms. The quantitative estimate of drug-likeness (QED) is 0.275. The highest BCUT2D eigenvalue weighted by Crippen LogP contribution is 2.44. The molecule has 1 aliphatic rings. The Balaban J connectivity index is 1.21. The molecule has 1 aliphatic carbocycles. The van der Waals surface area contributed by atoms with Gasteiger partial charge in [0, 0.05) is 30.3 Å². The van der Waals surface area contributed by atoms with Gasteiger partial charge in [-0.25, -0.2) is 4.79 Å². The zero-order chi connectivity index (χ0) is 27.2. The molecule has 0 spiro atoms. The van der Waals surface area contributed by atoms with E-state index in [1.165, 1.54) is 4.90 Å². The van der Waals surface area contributed by atoms with Crippen LogP contribution in [-0.4, -0.2) is 41.1 Å².